The lowest BCUT2D eigenvalue weighted by atomic mass is 9.71. The fraction of sp³-hybridized carbons (Fsp3) is 0.643. The molecule has 108 valence electrons. The highest BCUT2D eigenvalue weighted by Gasteiger charge is 2.53. The first-order valence-electron chi connectivity index (χ1n) is 6.96. The second kappa shape index (κ2) is 5.10. The van der Waals surface area contributed by atoms with E-state index in [1.807, 2.05) is 0 Å². The molecule has 1 atom stereocenters. The van der Waals surface area contributed by atoms with Crippen molar-refractivity contribution in [2.45, 2.75) is 43.4 Å². The zero-order chi connectivity index (χ0) is 14.2. The van der Waals surface area contributed by atoms with Gasteiger partial charge in [0.25, 0.3) is 5.91 Å². The third kappa shape index (κ3) is 2.09. The highest BCUT2D eigenvalue weighted by molar-refractivity contribution is 5.92. The van der Waals surface area contributed by atoms with E-state index in [1.54, 1.807) is 18.2 Å². The van der Waals surface area contributed by atoms with Crippen LogP contribution in [0.15, 0.2) is 18.6 Å². The van der Waals surface area contributed by atoms with Crippen LogP contribution in [0.25, 0.3) is 0 Å². The van der Waals surface area contributed by atoms with Crippen LogP contribution < -0.4 is 0 Å². The molecule has 0 radical (unpaired) electrons. The Hall–Kier alpha value is -1.53. The summed E-state index contributed by atoms with van der Waals surface area (Å²) in [6.45, 7) is 0.346. The van der Waals surface area contributed by atoms with Crippen LogP contribution in [0.3, 0.4) is 0 Å². The average molecular weight is 277 g/mol. The third-order valence-electron chi connectivity index (χ3n) is 4.51. The minimum atomic E-state index is -0.831. The summed E-state index contributed by atoms with van der Waals surface area (Å²) >= 11 is 0. The summed E-state index contributed by atoms with van der Waals surface area (Å²) in [6, 6.07) is -0.131. The van der Waals surface area contributed by atoms with Crippen LogP contribution in [-0.2, 0) is 4.74 Å². The van der Waals surface area contributed by atoms with Gasteiger partial charge in [-0.25, -0.2) is 4.98 Å². The molecule has 6 nitrogen and oxygen atoms in total. The number of carbonyl (C=O) groups excluding carboxylic acids is 1. The number of hydrogen-bond donors (Lipinski definition) is 1. The SMILES string of the molecule is COCC1N(C(=O)c2cnccn2)C2CCC1(O)CC2. The molecular weight excluding hydrogens is 258 g/mol. The zero-order valence-corrected chi connectivity index (χ0v) is 11.5. The Bertz CT molecular complexity index is 486. The van der Waals surface area contributed by atoms with Crippen molar-refractivity contribution < 1.29 is 14.6 Å². The number of rotatable bonds is 3. The fourth-order valence-electron chi connectivity index (χ4n) is 3.47. The van der Waals surface area contributed by atoms with Crippen molar-refractivity contribution >= 4 is 5.91 Å². The molecule has 1 aromatic heterocycles. The van der Waals surface area contributed by atoms with Crippen molar-refractivity contribution in [1.29, 1.82) is 0 Å². The molecule has 1 unspecified atom stereocenters. The summed E-state index contributed by atoms with van der Waals surface area (Å²) in [7, 11) is 1.59. The number of aliphatic hydroxyl groups is 1. The van der Waals surface area contributed by atoms with Gasteiger partial charge in [0.05, 0.1) is 24.4 Å². The molecule has 3 heterocycles. The fourth-order valence-corrected chi connectivity index (χ4v) is 3.47. The molecule has 3 aliphatic rings. The van der Waals surface area contributed by atoms with E-state index < -0.39 is 5.60 Å². The predicted molar refractivity (Wildman–Crippen MR) is 71.1 cm³/mol. The molecule has 1 aromatic rings. The molecule has 20 heavy (non-hydrogen) atoms. The van der Waals surface area contributed by atoms with Gasteiger partial charge in [-0.1, -0.05) is 0 Å². The normalized spacial score (nSPS) is 32.4. The van der Waals surface area contributed by atoms with Crippen LogP contribution in [0.4, 0.5) is 0 Å². The topological polar surface area (TPSA) is 75.5 Å². The summed E-state index contributed by atoms with van der Waals surface area (Å²) in [5, 5.41) is 10.8. The van der Waals surface area contributed by atoms with E-state index in [2.05, 4.69) is 9.97 Å². The first-order valence-corrected chi connectivity index (χ1v) is 6.96. The summed E-state index contributed by atoms with van der Waals surface area (Å²) in [5.41, 5.74) is -0.507. The zero-order valence-electron chi connectivity index (χ0n) is 11.5. The van der Waals surface area contributed by atoms with Crippen molar-refractivity contribution in [2.24, 2.45) is 0 Å². The number of piperidine rings is 2. The molecule has 3 fully saturated rings. The number of methoxy groups -OCH3 is 1. The molecule has 0 spiro atoms. The van der Waals surface area contributed by atoms with E-state index in [9.17, 15) is 9.90 Å². The maximum atomic E-state index is 12.7. The summed E-state index contributed by atoms with van der Waals surface area (Å²) in [6.07, 6.45) is 7.66. The second-order valence-electron chi connectivity index (χ2n) is 5.61. The smallest absolute Gasteiger partial charge is 0.274 e. The lowest BCUT2D eigenvalue weighted by molar-refractivity contribution is -0.143. The Morgan fingerprint density at radius 3 is 2.85 bits per heavy atom. The van der Waals surface area contributed by atoms with Crippen molar-refractivity contribution in [3.8, 4) is 0 Å². The maximum absolute atomic E-state index is 12.7. The standard InChI is InChI=1S/C14H19N3O3/c1-20-9-12-14(19)4-2-10(3-5-14)17(12)13(18)11-8-15-6-7-16-11/h6-8,10,12,19H,2-5,9H2,1H3. The van der Waals surface area contributed by atoms with E-state index in [4.69, 9.17) is 4.74 Å². The van der Waals surface area contributed by atoms with Gasteiger partial charge < -0.3 is 14.7 Å². The van der Waals surface area contributed by atoms with E-state index in [0.29, 0.717) is 12.3 Å². The van der Waals surface area contributed by atoms with E-state index in [0.717, 1.165) is 25.7 Å². The van der Waals surface area contributed by atoms with Gasteiger partial charge in [0, 0.05) is 25.5 Å². The largest absolute Gasteiger partial charge is 0.388 e. The average Bonchev–Trinajstić information content (AvgIpc) is 2.49. The van der Waals surface area contributed by atoms with Crippen LogP contribution in [0.2, 0.25) is 0 Å². The van der Waals surface area contributed by atoms with Crippen LogP contribution in [0.5, 0.6) is 0 Å². The van der Waals surface area contributed by atoms with Gasteiger partial charge in [0.2, 0.25) is 0 Å². The molecule has 6 heteroatoms. The number of nitrogens with zero attached hydrogens (tertiary/aromatic N) is 3. The van der Waals surface area contributed by atoms with Crippen LogP contribution >= 0.6 is 0 Å². The van der Waals surface area contributed by atoms with Crippen molar-refractivity contribution in [3.05, 3.63) is 24.3 Å². The molecule has 1 amide bonds. The quantitative estimate of drug-likeness (QED) is 0.876. The van der Waals surface area contributed by atoms with Crippen LogP contribution in [-0.4, -0.2) is 57.3 Å². The molecular formula is C14H19N3O3. The van der Waals surface area contributed by atoms with Crippen molar-refractivity contribution in [2.75, 3.05) is 13.7 Å². The number of ether oxygens (including phenoxy) is 1. The Morgan fingerprint density at radius 1 is 1.50 bits per heavy atom. The van der Waals surface area contributed by atoms with Gasteiger partial charge in [-0.3, -0.25) is 9.78 Å². The number of fused-ring (bicyclic) bond motifs is 3. The van der Waals surface area contributed by atoms with E-state index in [1.165, 1.54) is 12.4 Å². The van der Waals surface area contributed by atoms with Crippen molar-refractivity contribution in [3.63, 3.8) is 0 Å². The van der Waals surface area contributed by atoms with Gasteiger partial charge in [0.1, 0.15) is 5.69 Å². The summed E-state index contributed by atoms with van der Waals surface area (Å²) in [4.78, 5) is 22.5. The molecule has 2 saturated heterocycles. The van der Waals surface area contributed by atoms with Gasteiger partial charge >= 0.3 is 0 Å². The minimum Gasteiger partial charge on any atom is -0.388 e. The molecule has 2 bridgehead atoms. The van der Waals surface area contributed by atoms with Crippen LogP contribution in [0.1, 0.15) is 36.2 Å². The lowest BCUT2D eigenvalue weighted by Crippen LogP contribution is -2.67. The number of amides is 1. The predicted octanol–water partition coefficient (Wildman–Crippen LogP) is 0.621. The van der Waals surface area contributed by atoms with Crippen molar-refractivity contribution in [1.82, 2.24) is 14.9 Å². The molecule has 1 aliphatic carbocycles. The molecule has 2 aliphatic heterocycles. The summed E-state index contributed by atoms with van der Waals surface area (Å²) < 4.78 is 5.23. The third-order valence-corrected chi connectivity index (χ3v) is 4.51. The summed E-state index contributed by atoms with van der Waals surface area (Å²) in [5.74, 6) is -0.164. The second-order valence-corrected chi connectivity index (χ2v) is 5.61. The number of aromatic nitrogens is 2. The number of hydrogen-bond acceptors (Lipinski definition) is 5. The highest BCUT2D eigenvalue weighted by atomic mass is 16.5. The number of carbonyl (C=O) groups is 1. The van der Waals surface area contributed by atoms with Gasteiger partial charge in [0.15, 0.2) is 0 Å². The Labute approximate surface area is 117 Å². The van der Waals surface area contributed by atoms with E-state index >= 15 is 0 Å². The first-order chi connectivity index (χ1) is 9.65. The highest BCUT2D eigenvalue weighted by Crippen LogP contribution is 2.43. The lowest BCUT2D eigenvalue weighted by Gasteiger charge is -2.55. The first kappa shape index (κ1) is 13.5. The Balaban J connectivity index is 1.92. The van der Waals surface area contributed by atoms with Gasteiger partial charge in [-0.15, -0.1) is 0 Å². The Morgan fingerprint density at radius 2 is 2.25 bits per heavy atom. The molecule has 4 rings (SSSR count). The maximum Gasteiger partial charge on any atom is 0.274 e. The molecule has 1 N–H and O–H groups in total. The molecule has 1 saturated carbocycles. The van der Waals surface area contributed by atoms with Gasteiger partial charge in [-0.05, 0) is 25.7 Å². The van der Waals surface area contributed by atoms with E-state index in [-0.39, 0.29) is 18.0 Å². The Kier molecular flexibility index (Phi) is 3.43. The monoisotopic (exact) mass is 277 g/mol. The van der Waals surface area contributed by atoms with Crippen LogP contribution in [0, 0.1) is 0 Å². The molecule has 0 aromatic carbocycles. The van der Waals surface area contributed by atoms with Gasteiger partial charge in [-0.2, -0.15) is 0 Å². The minimum absolute atomic E-state index is 0.164.